The van der Waals surface area contributed by atoms with E-state index < -0.39 is 0 Å². The number of nitrogens with one attached hydrogen (secondary N) is 1. The van der Waals surface area contributed by atoms with Crippen molar-refractivity contribution < 1.29 is 9.53 Å². The molecule has 1 saturated heterocycles. The lowest BCUT2D eigenvalue weighted by molar-refractivity contribution is 0.0631. The summed E-state index contributed by atoms with van der Waals surface area (Å²) in [5.41, 5.74) is 1.83. The number of ether oxygens (including phenoxy) is 1. The van der Waals surface area contributed by atoms with Gasteiger partial charge in [-0.3, -0.25) is 4.79 Å². The minimum absolute atomic E-state index is 0.0206. The topological polar surface area (TPSA) is 41.6 Å². The molecule has 4 nitrogen and oxygen atoms in total. The van der Waals surface area contributed by atoms with Crippen LogP contribution in [0, 0.1) is 5.92 Å². The molecule has 1 amide bonds. The predicted molar refractivity (Wildman–Crippen MR) is 85.9 cm³/mol. The van der Waals surface area contributed by atoms with Gasteiger partial charge in [0.2, 0.25) is 0 Å². The van der Waals surface area contributed by atoms with Crippen molar-refractivity contribution in [1.82, 2.24) is 5.32 Å². The van der Waals surface area contributed by atoms with E-state index in [9.17, 15) is 4.79 Å². The van der Waals surface area contributed by atoms with Gasteiger partial charge in [0.15, 0.2) is 0 Å². The molecule has 0 radical (unpaired) electrons. The highest BCUT2D eigenvalue weighted by atomic mass is 16.5. The van der Waals surface area contributed by atoms with Crippen molar-refractivity contribution >= 4 is 11.6 Å². The van der Waals surface area contributed by atoms with E-state index in [2.05, 4.69) is 5.32 Å². The van der Waals surface area contributed by atoms with Gasteiger partial charge in [0.25, 0.3) is 5.91 Å². The van der Waals surface area contributed by atoms with E-state index in [1.807, 2.05) is 43.3 Å². The first kappa shape index (κ1) is 15.8. The van der Waals surface area contributed by atoms with Gasteiger partial charge in [0.05, 0.1) is 0 Å². The second-order valence-electron chi connectivity index (χ2n) is 5.90. The molecule has 0 unspecified atom stereocenters. The number of hydrogen-bond acceptors (Lipinski definition) is 3. The summed E-state index contributed by atoms with van der Waals surface area (Å²) in [7, 11) is 3.98. The van der Waals surface area contributed by atoms with Crippen LogP contribution in [-0.4, -0.2) is 39.8 Å². The molecular weight excluding hydrogens is 264 g/mol. The van der Waals surface area contributed by atoms with E-state index in [0.717, 1.165) is 43.3 Å². The molecule has 1 aliphatic rings. The lowest BCUT2D eigenvalue weighted by atomic mass is 9.95. The summed E-state index contributed by atoms with van der Waals surface area (Å²) < 4.78 is 5.36. The van der Waals surface area contributed by atoms with Crippen molar-refractivity contribution in [2.75, 3.05) is 38.8 Å². The van der Waals surface area contributed by atoms with Crippen LogP contribution in [0.15, 0.2) is 24.3 Å². The van der Waals surface area contributed by atoms with E-state index >= 15 is 0 Å². The Bertz CT molecular complexity index is 437. The third-order valence-corrected chi connectivity index (χ3v) is 4.06. The fourth-order valence-corrected chi connectivity index (χ4v) is 2.64. The number of rotatable bonds is 6. The molecule has 0 spiro atoms. The molecule has 1 aliphatic heterocycles. The van der Waals surface area contributed by atoms with E-state index in [1.165, 1.54) is 19.3 Å². The number of carbonyl (C=O) groups excluding carboxylic acids is 1. The van der Waals surface area contributed by atoms with Gasteiger partial charge in [0, 0.05) is 45.1 Å². The second-order valence-corrected chi connectivity index (χ2v) is 5.90. The van der Waals surface area contributed by atoms with E-state index in [0.29, 0.717) is 0 Å². The van der Waals surface area contributed by atoms with Gasteiger partial charge < -0.3 is 15.0 Å². The Kier molecular flexibility index (Phi) is 6.05. The van der Waals surface area contributed by atoms with Crippen LogP contribution in [0.5, 0.6) is 0 Å². The number of anilines is 1. The van der Waals surface area contributed by atoms with Crippen molar-refractivity contribution in [2.45, 2.75) is 25.7 Å². The number of amides is 1. The third-order valence-electron chi connectivity index (χ3n) is 4.06. The fourth-order valence-electron chi connectivity index (χ4n) is 2.64. The lowest BCUT2D eigenvalue weighted by Crippen LogP contribution is -2.25. The lowest BCUT2D eigenvalue weighted by Gasteiger charge is -2.21. The van der Waals surface area contributed by atoms with Crippen molar-refractivity contribution in [1.29, 1.82) is 0 Å². The van der Waals surface area contributed by atoms with E-state index in [-0.39, 0.29) is 5.91 Å². The number of nitrogens with zero attached hydrogens (tertiary/aromatic N) is 1. The zero-order chi connectivity index (χ0) is 15.1. The number of benzene rings is 1. The molecule has 2 rings (SSSR count). The number of carbonyl (C=O) groups is 1. The second kappa shape index (κ2) is 8.03. The average molecular weight is 290 g/mol. The molecule has 1 N–H and O–H groups in total. The van der Waals surface area contributed by atoms with Crippen LogP contribution in [0.1, 0.15) is 36.0 Å². The summed E-state index contributed by atoms with van der Waals surface area (Å²) in [4.78, 5) is 14.1. The SMILES string of the molecule is CN(C)c1ccc(C(=O)NCCCC2CCOCC2)cc1. The van der Waals surface area contributed by atoms with E-state index in [1.54, 1.807) is 0 Å². The average Bonchev–Trinajstić information content (AvgIpc) is 2.52. The molecule has 0 atom stereocenters. The molecular formula is C17H26N2O2. The Morgan fingerprint density at radius 2 is 1.90 bits per heavy atom. The number of hydrogen-bond donors (Lipinski definition) is 1. The molecule has 0 saturated carbocycles. The third kappa shape index (κ3) is 5.05. The normalized spacial score (nSPS) is 15.7. The summed E-state index contributed by atoms with van der Waals surface area (Å²) in [6.07, 6.45) is 4.56. The Morgan fingerprint density at radius 3 is 2.52 bits per heavy atom. The Morgan fingerprint density at radius 1 is 1.24 bits per heavy atom. The first-order valence-corrected chi connectivity index (χ1v) is 7.80. The summed E-state index contributed by atoms with van der Waals surface area (Å²) in [6, 6.07) is 7.69. The van der Waals surface area contributed by atoms with Crippen LogP contribution in [0.2, 0.25) is 0 Å². The maximum absolute atomic E-state index is 12.0. The summed E-state index contributed by atoms with van der Waals surface area (Å²) >= 11 is 0. The first-order chi connectivity index (χ1) is 10.2. The zero-order valence-corrected chi connectivity index (χ0v) is 13.1. The monoisotopic (exact) mass is 290 g/mol. The van der Waals surface area contributed by atoms with Crippen LogP contribution < -0.4 is 10.2 Å². The van der Waals surface area contributed by atoms with Gasteiger partial charge in [-0.05, 0) is 55.9 Å². The van der Waals surface area contributed by atoms with Gasteiger partial charge in [0.1, 0.15) is 0 Å². The highest BCUT2D eigenvalue weighted by Crippen LogP contribution is 2.19. The van der Waals surface area contributed by atoms with Gasteiger partial charge in [-0.2, -0.15) is 0 Å². The molecule has 1 aromatic rings. The minimum atomic E-state index is 0.0206. The fraction of sp³-hybridized carbons (Fsp3) is 0.588. The van der Waals surface area contributed by atoms with Crippen molar-refractivity contribution in [3.05, 3.63) is 29.8 Å². The molecule has 0 aliphatic carbocycles. The van der Waals surface area contributed by atoms with Gasteiger partial charge in [-0.1, -0.05) is 0 Å². The first-order valence-electron chi connectivity index (χ1n) is 7.80. The van der Waals surface area contributed by atoms with Crippen LogP contribution in [0.3, 0.4) is 0 Å². The minimum Gasteiger partial charge on any atom is -0.381 e. The van der Waals surface area contributed by atoms with Crippen LogP contribution in [0.25, 0.3) is 0 Å². The molecule has 0 aromatic heterocycles. The Labute approximate surface area is 127 Å². The summed E-state index contributed by atoms with van der Waals surface area (Å²) in [5.74, 6) is 0.794. The zero-order valence-electron chi connectivity index (χ0n) is 13.1. The van der Waals surface area contributed by atoms with Crippen molar-refractivity contribution in [2.24, 2.45) is 5.92 Å². The van der Waals surface area contributed by atoms with Crippen molar-refractivity contribution in [3.8, 4) is 0 Å². The van der Waals surface area contributed by atoms with Crippen LogP contribution in [-0.2, 0) is 4.74 Å². The molecule has 116 valence electrons. The van der Waals surface area contributed by atoms with Crippen LogP contribution >= 0.6 is 0 Å². The maximum atomic E-state index is 12.0. The summed E-state index contributed by atoms with van der Waals surface area (Å²) in [6.45, 7) is 2.55. The Hall–Kier alpha value is -1.55. The smallest absolute Gasteiger partial charge is 0.251 e. The largest absolute Gasteiger partial charge is 0.381 e. The Balaban J connectivity index is 1.69. The quantitative estimate of drug-likeness (QED) is 0.819. The van der Waals surface area contributed by atoms with Gasteiger partial charge in [-0.15, -0.1) is 0 Å². The highest BCUT2D eigenvalue weighted by molar-refractivity contribution is 5.94. The standard InChI is InChI=1S/C17H26N2O2/c1-19(2)16-7-5-15(6-8-16)17(20)18-11-3-4-14-9-12-21-13-10-14/h5-8,14H,3-4,9-13H2,1-2H3,(H,18,20). The van der Waals surface area contributed by atoms with E-state index in [4.69, 9.17) is 4.74 Å². The maximum Gasteiger partial charge on any atom is 0.251 e. The molecule has 1 heterocycles. The summed E-state index contributed by atoms with van der Waals surface area (Å²) in [5, 5.41) is 3.00. The van der Waals surface area contributed by atoms with Gasteiger partial charge in [-0.25, -0.2) is 0 Å². The van der Waals surface area contributed by atoms with Crippen LogP contribution in [0.4, 0.5) is 5.69 Å². The molecule has 1 fully saturated rings. The predicted octanol–water partition coefficient (Wildman–Crippen LogP) is 2.69. The molecule has 0 bridgehead atoms. The molecule has 4 heteroatoms. The van der Waals surface area contributed by atoms with Crippen molar-refractivity contribution in [3.63, 3.8) is 0 Å². The van der Waals surface area contributed by atoms with Gasteiger partial charge >= 0.3 is 0 Å². The molecule has 1 aromatic carbocycles. The molecule has 21 heavy (non-hydrogen) atoms. The highest BCUT2D eigenvalue weighted by Gasteiger charge is 2.13.